The number of hydrogen-bond acceptors (Lipinski definition) is 2. The number of aliphatic hydroxyl groups is 1. The van der Waals surface area contributed by atoms with E-state index in [-0.39, 0.29) is 17.1 Å². The Morgan fingerprint density at radius 3 is 2.75 bits per heavy atom. The van der Waals surface area contributed by atoms with Crippen molar-refractivity contribution < 1.29 is 14.6 Å². The number of aromatic hydroxyl groups is 1. The lowest BCUT2D eigenvalue weighted by molar-refractivity contribution is -0.120. The van der Waals surface area contributed by atoms with E-state index in [0.717, 1.165) is 42.1 Å². The van der Waals surface area contributed by atoms with Crippen LogP contribution in [0.4, 0.5) is 4.39 Å². The molecule has 0 aliphatic heterocycles. The second-order valence-electron chi connectivity index (χ2n) is 10.0. The molecule has 2 saturated carbocycles. The zero-order valence-corrected chi connectivity index (χ0v) is 18.7. The third kappa shape index (κ3) is 3.23. The van der Waals surface area contributed by atoms with E-state index in [0.29, 0.717) is 24.2 Å². The molecule has 0 aromatic heterocycles. The van der Waals surface area contributed by atoms with Crippen LogP contribution in [0.25, 0.3) is 0 Å². The summed E-state index contributed by atoms with van der Waals surface area (Å²) in [7, 11) is 0. The van der Waals surface area contributed by atoms with Gasteiger partial charge in [0, 0.05) is 16.7 Å². The molecular weight excluding hydrogens is 419 g/mol. The molecule has 0 unspecified atom stereocenters. The highest BCUT2D eigenvalue weighted by molar-refractivity contribution is 9.09. The van der Waals surface area contributed by atoms with Gasteiger partial charge in [-0.15, -0.1) is 0 Å². The van der Waals surface area contributed by atoms with Crippen LogP contribution in [0.2, 0.25) is 0 Å². The van der Waals surface area contributed by atoms with Gasteiger partial charge in [0.15, 0.2) is 0 Å². The van der Waals surface area contributed by atoms with Crippen molar-refractivity contribution >= 4 is 15.9 Å². The number of benzene rings is 1. The van der Waals surface area contributed by atoms with Gasteiger partial charge in [-0.05, 0) is 86.5 Å². The molecule has 0 spiro atoms. The van der Waals surface area contributed by atoms with Crippen LogP contribution in [0.3, 0.4) is 0 Å². The van der Waals surface area contributed by atoms with Gasteiger partial charge in [0.2, 0.25) is 0 Å². The maximum atomic E-state index is 15.8. The largest absolute Gasteiger partial charge is 0.508 e. The predicted molar refractivity (Wildman–Crippen MR) is 115 cm³/mol. The fraction of sp³-hybridized carbons (Fsp3) is 0.750. The molecule has 4 rings (SSSR count). The van der Waals surface area contributed by atoms with E-state index in [9.17, 15) is 10.2 Å². The molecule has 3 aliphatic rings. The number of halogens is 2. The number of hydrogen-bond donors (Lipinski definition) is 2. The van der Waals surface area contributed by atoms with Gasteiger partial charge in [-0.2, -0.15) is 0 Å². The first-order valence-corrected chi connectivity index (χ1v) is 12.1. The van der Waals surface area contributed by atoms with Crippen LogP contribution in [0.15, 0.2) is 18.2 Å². The predicted octanol–water partition coefficient (Wildman–Crippen LogP) is 6.13. The van der Waals surface area contributed by atoms with E-state index < -0.39 is 11.8 Å². The van der Waals surface area contributed by atoms with E-state index in [1.165, 1.54) is 19.3 Å². The topological polar surface area (TPSA) is 40.5 Å². The first-order chi connectivity index (χ1) is 13.3. The van der Waals surface area contributed by atoms with Gasteiger partial charge >= 0.3 is 0 Å². The number of unbranched alkanes of at least 4 members (excludes halogenated alkanes) is 2. The van der Waals surface area contributed by atoms with E-state index in [1.807, 2.05) is 19.1 Å². The van der Waals surface area contributed by atoms with Crippen LogP contribution in [0, 0.1) is 23.2 Å². The molecule has 0 amide bonds. The number of alkyl halides is 2. The molecule has 156 valence electrons. The summed E-state index contributed by atoms with van der Waals surface area (Å²) in [6.45, 7) is 4.07. The van der Waals surface area contributed by atoms with Crippen LogP contribution in [0.5, 0.6) is 5.75 Å². The van der Waals surface area contributed by atoms with Crippen molar-refractivity contribution in [3.05, 3.63) is 29.3 Å². The number of fused-ring (bicyclic) bond motifs is 5. The third-order valence-electron chi connectivity index (χ3n) is 8.60. The highest BCUT2D eigenvalue weighted by atomic mass is 79.9. The fourth-order valence-corrected chi connectivity index (χ4v) is 7.36. The molecule has 2 N–H and O–H groups in total. The Balaban J connectivity index is 1.71. The highest BCUT2D eigenvalue weighted by Gasteiger charge is 2.63. The van der Waals surface area contributed by atoms with Crippen molar-refractivity contribution in [3.8, 4) is 5.75 Å². The quantitative estimate of drug-likeness (QED) is 0.416. The Hall–Kier alpha value is -0.610. The summed E-state index contributed by atoms with van der Waals surface area (Å²) in [6, 6.07) is 5.55. The Morgan fingerprint density at radius 1 is 1.21 bits per heavy atom. The zero-order chi connectivity index (χ0) is 20.1. The van der Waals surface area contributed by atoms with Crippen LogP contribution < -0.4 is 0 Å². The molecular formula is C24H34BrFO2. The van der Waals surface area contributed by atoms with Crippen molar-refractivity contribution in [1.29, 1.82) is 0 Å². The van der Waals surface area contributed by atoms with E-state index in [4.69, 9.17) is 0 Å². The number of phenols is 1. The first kappa shape index (κ1) is 20.7. The SMILES string of the molecule is C[C@]1(O)CC[C@H]2[C@@H]3[C@H](CCCCCBr)Cc4cc(O)ccc4[C@H]3[C@@H](F)C[C@@]21C. The second-order valence-corrected chi connectivity index (χ2v) is 10.8. The molecule has 1 aromatic rings. The molecule has 1 aromatic carbocycles. The van der Waals surface area contributed by atoms with Gasteiger partial charge in [-0.25, -0.2) is 4.39 Å². The third-order valence-corrected chi connectivity index (χ3v) is 9.16. The summed E-state index contributed by atoms with van der Waals surface area (Å²) < 4.78 is 15.8. The molecule has 0 bridgehead atoms. The minimum atomic E-state index is -0.926. The van der Waals surface area contributed by atoms with E-state index in [1.54, 1.807) is 6.07 Å². The van der Waals surface area contributed by atoms with E-state index in [2.05, 4.69) is 22.9 Å². The summed E-state index contributed by atoms with van der Waals surface area (Å²) in [4.78, 5) is 0. The van der Waals surface area contributed by atoms with Gasteiger partial charge in [0.25, 0.3) is 0 Å². The van der Waals surface area contributed by atoms with Gasteiger partial charge in [-0.3, -0.25) is 0 Å². The monoisotopic (exact) mass is 452 g/mol. The summed E-state index contributed by atoms with van der Waals surface area (Å²) in [5, 5.41) is 22.2. The van der Waals surface area contributed by atoms with Gasteiger partial charge in [0.1, 0.15) is 11.9 Å². The summed E-state index contributed by atoms with van der Waals surface area (Å²) >= 11 is 3.52. The Kier molecular flexibility index (Phi) is 5.59. The highest BCUT2D eigenvalue weighted by Crippen LogP contribution is 2.66. The van der Waals surface area contributed by atoms with Gasteiger partial charge < -0.3 is 10.2 Å². The maximum absolute atomic E-state index is 15.8. The first-order valence-electron chi connectivity index (χ1n) is 11.0. The van der Waals surface area contributed by atoms with Crippen molar-refractivity contribution in [1.82, 2.24) is 0 Å². The van der Waals surface area contributed by atoms with Crippen LogP contribution in [-0.4, -0.2) is 27.3 Å². The van der Waals surface area contributed by atoms with Crippen LogP contribution >= 0.6 is 15.9 Å². The van der Waals surface area contributed by atoms with Crippen molar-refractivity contribution in [2.24, 2.45) is 23.2 Å². The standard InChI is InChI=1S/C24H34BrFO2/c1-23-14-20(26)22-18-8-7-17(27)13-16(18)12-15(6-4-3-5-11-25)21(22)19(23)9-10-24(23,2)28/h7-8,13,15,19-22,27-28H,3-6,9-12,14H2,1-2H3/t15-,19+,20+,21+,22+,23+,24+/m1/s1. The van der Waals surface area contributed by atoms with E-state index >= 15 is 4.39 Å². The Bertz CT molecular complexity index is 721. The summed E-state index contributed by atoms with van der Waals surface area (Å²) in [5.74, 6) is 1.31. The molecule has 0 saturated heterocycles. The van der Waals surface area contributed by atoms with Crippen molar-refractivity contribution in [3.63, 3.8) is 0 Å². The molecule has 2 nitrogen and oxygen atoms in total. The average Bonchev–Trinajstić information content (AvgIpc) is 2.87. The normalized spacial score (nSPS) is 42.0. The molecule has 2 fully saturated rings. The molecule has 0 heterocycles. The lowest BCUT2D eigenvalue weighted by atomic mass is 9.50. The fourth-order valence-electron chi connectivity index (χ4n) is 6.96. The minimum Gasteiger partial charge on any atom is -0.508 e. The smallest absolute Gasteiger partial charge is 0.115 e. The van der Waals surface area contributed by atoms with Crippen LogP contribution in [0.1, 0.15) is 75.8 Å². The lowest BCUT2D eigenvalue weighted by Crippen LogP contribution is -2.54. The van der Waals surface area contributed by atoms with Gasteiger partial charge in [0.05, 0.1) is 5.60 Å². The second kappa shape index (κ2) is 7.58. The van der Waals surface area contributed by atoms with Crippen molar-refractivity contribution in [2.45, 2.75) is 82.9 Å². The number of rotatable bonds is 5. The number of phenolic OH excluding ortho intramolecular Hbond substituents is 1. The minimum absolute atomic E-state index is 0.0856. The molecule has 28 heavy (non-hydrogen) atoms. The Morgan fingerprint density at radius 2 is 2.00 bits per heavy atom. The lowest BCUT2D eigenvalue weighted by Gasteiger charge is -2.56. The average molecular weight is 453 g/mol. The van der Waals surface area contributed by atoms with Gasteiger partial charge in [-0.1, -0.05) is 41.8 Å². The molecule has 7 atom stereocenters. The molecule has 0 radical (unpaired) electrons. The van der Waals surface area contributed by atoms with Crippen LogP contribution in [-0.2, 0) is 6.42 Å². The summed E-state index contributed by atoms with van der Waals surface area (Å²) in [5.41, 5.74) is 1.14. The molecule has 4 heteroatoms. The van der Waals surface area contributed by atoms with Crippen molar-refractivity contribution in [2.75, 3.05) is 5.33 Å². The maximum Gasteiger partial charge on any atom is 0.115 e. The molecule has 3 aliphatic carbocycles. The zero-order valence-electron chi connectivity index (χ0n) is 17.1. The Labute approximate surface area is 177 Å². The summed E-state index contributed by atoms with van der Waals surface area (Å²) in [6.07, 6.45) is 6.90.